The molecule has 2 aromatic carbocycles. The van der Waals surface area contributed by atoms with Crippen LogP contribution < -0.4 is 11.5 Å². The van der Waals surface area contributed by atoms with Crippen molar-refractivity contribution in [3.63, 3.8) is 0 Å². The lowest BCUT2D eigenvalue weighted by Crippen LogP contribution is -2.11. The molecule has 21 heavy (non-hydrogen) atoms. The summed E-state index contributed by atoms with van der Waals surface area (Å²) < 4.78 is 5.91. The summed E-state index contributed by atoms with van der Waals surface area (Å²) in [4.78, 5) is 22.8. The van der Waals surface area contributed by atoms with E-state index in [-0.39, 0.29) is 6.61 Å². The van der Waals surface area contributed by atoms with Crippen LogP contribution in [0, 0.1) is 0 Å². The van der Waals surface area contributed by atoms with Gasteiger partial charge < -0.3 is 16.2 Å². The maximum atomic E-state index is 11.9. The summed E-state index contributed by atoms with van der Waals surface area (Å²) in [6, 6.07) is 11.4. The average molecular weight is 349 g/mol. The summed E-state index contributed by atoms with van der Waals surface area (Å²) in [6.45, 7) is 0.105. The summed E-state index contributed by atoms with van der Waals surface area (Å²) in [5.74, 6) is -0.961. The Hall–Kier alpha value is -2.34. The van der Waals surface area contributed by atoms with E-state index in [4.69, 9.17) is 16.2 Å². The number of carbonyl (C=O) groups excluding carboxylic acids is 2. The molecular formula is C15H13BrN2O3. The number of amides is 1. The number of halogens is 1. The quantitative estimate of drug-likeness (QED) is 0.655. The molecule has 0 bridgehead atoms. The van der Waals surface area contributed by atoms with Gasteiger partial charge in [0.05, 0.1) is 5.56 Å². The van der Waals surface area contributed by atoms with E-state index in [1.54, 1.807) is 42.5 Å². The highest BCUT2D eigenvalue weighted by molar-refractivity contribution is 9.10. The molecule has 0 aliphatic rings. The number of nitrogens with two attached hydrogens (primary N) is 2. The molecule has 0 heterocycles. The fourth-order valence-electron chi connectivity index (χ4n) is 1.67. The van der Waals surface area contributed by atoms with Crippen LogP contribution in [0.5, 0.6) is 0 Å². The Balaban J connectivity index is 2.00. The lowest BCUT2D eigenvalue weighted by molar-refractivity contribution is 0.0472. The molecule has 0 atom stereocenters. The van der Waals surface area contributed by atoms with Crippen molar-refractivity contribution in [2.24, 2.45) is 5.73 Å². The molecule has 0 aliphatic carbocycles. The molecule has 2 aromatic rings. The maximum absolute atomic E-state index is 11.9. The predicted octanol–water partition coefficient (Wildman–Crippen LogP) is 2.49. The zero-order valence-electron chi connectivity index (χ0n) is 11.0. The van der Waals surface area contributed by atoms with Crippen LogP contribution in [-0.4, -0.2) is 11.9 Å². The summed E-state index contributed by atoms with van der Waals surface area (Å²) >= 11 is 3.26. The second kappa shape index (κ2) is 6.41. The molecule has 0 radical (unpaired) electrons. The Morgan fingerprint density at radius 1 is 1.05 bits per heavy atom. The normalized spacial score (nSPS) is 10.1. The van der Waals surface area contributed by atoms with E-state index in [0.717, 1.165) is 10.0 Å². The third kappa shape index (κ3) is 3.82. The molecule has 5 nitrogen and oxygen atoms in total. The number of hydrogen-bond acceptors (Lipinski definition) is 4. The first-order valence-electron chi connectivity index (χ1n) is 6.08. The lowest BCUT2D eigenvalue weighted by Gasteiger charge is -2.07. The van der Waals surface area contributed by atoms with Crippen LogP contribution in [0.15, 0.2) is 46.9 Å². The van der Waals surface area contributed by atoms with Crippen molar-refractivity contribution in [2.75, 3.05) is 5.73 Å². The summed E-state index contributed by atoms with van der Waals surface area (Å²) in [5.41, 5.74) is 12.9. The van der Waals surface area contributed by atoms with Gasteiger partial charge in [-0.2, -0.15) is 0 Å². The first kappa shape index (κ1) is 15.1. The minimum absolute atomic E-state index is 0.105. The number of hydrogen-bond donors (Lipinski definition) is 2. The van der Waals surface area contributed by atoms with Crippen LogP contribution >= 0.6 is 15.9 Å². The number of benzene rings is 2. The Bertz CT molecular complexity index is 684. The Labute approximate surface area is 130 Å². The van der Waals surface area contributed by atoms with E-state index in [2.05, 4.69) is 15.9 Å². The molecule has 6 heteroatoms. The molecule has 0 aliphatic heterocycles. The number of ether oxygens (including phenoxy) is 1. The van der Waals surface area contributed by atoms with Crippen LogP contribution in [0.1, 0.15) is 26.3 Å². The van der Waals surface area contributed by atoms with Crippen molar-refractivity contribution < 1.29 is 14.3 Å². The number of primary amides is 1. The van der Waals surface area contributed by atoms with E-state index in [1.165, 1.54) is 0 Å². The zero-order chi connectivity index (χ0) is 15.4. The Morgan fingerprint density at radius 3 is 2.24 bits per heavy atom. The van der Waals surface area contributed by atoms with E-state index >= 15 is 0 Å². The molecule has 0 aromatic heterocycles. The second-order valence-corrected chi connectivity index (χ2v) is 5.23. The minimum atomic E-state index is -0.496. The SMILES string of the molecule is NC(=O)c1ccc(COC(=O)c2ccc(Br)c(N)c2)cc1. The van der Waals surface area contributed by atoms with Gasteiger partial charge in [0.1, 0.15) is 6.61 Å². The van der Waals surface area contributed by atoms with Crippen LogP contribution in [0.2, 0.25) is 0 Å². The van der Waals surface area contributed by atoms with Crippen molar-refractivity contribution >= 4 is 33.5 Å². The van der Waals surface area contributed by atoms with Gasteiger partial charge in [-0.1, -0.05) is 12.1 Å². The lowest BCUT2D eigenvalue weighted by atomic mass is 10.1. The molecule has 0 saturated heterocycles. The van der Waals surface area contributed by atoms with Crippen LogP contribution in [0.4, 0.5) is 5.69 Å². The first-order valence-corrected chi connectivity index (χ1v) is 6.87. The Kier molecular flexibility index (Phi) is 4.59. The van der Waals surface area contributed by atoms with E-state index in [1.807, 2.05) is 0 Å². The molecule has 0 saturated carbocycles. The van der Waals surface area contributed by atoms with Gasteiger partial charge in [-0.3, -0.25) is 4.79 Å². The molecule has 0 spiro atoms. The van der Waals surface area contributed by atoms with Crippen LogP contribution in [-0.2, 0) is 11.3 Å². The molecule has 4 N–H and O–H groups in total. The minimum Gasteiger partial charge on any atom is -0.457 e. The van der Waals surface area contributed by atoms with Crippen molar-refractivity contribution in [2.45, 2.75) is 6.61 Å². The Morgan fingerprint density at radius 2 is 1.67 bits per heavy atom. The van der Waals surface area contributed by atoms with Gasteiger partial charge in [-0.15, -0.1) is 0 Å². The molecular weight excluding hydrogens is 336 g/mol. The van der Waals surface area contributed by atoms with Gasteiger partial charge >= 0.3 is 5.97 Å². The van der Waals surface area contributed by atoms with Crippen LogP contribution in [0.3, 0.4) is 0 Å². The highest BCUT2D eigenvalue weighted by atomic mass is 79.9. The van der Waals surface area contributed by atoms with Gasteiger partial charge in [0.2, 0.25) is 5.91 Å². The van der Waals surface area contributed by atoms with Crippen molar-refractivity contribution in [3.8, 4) is 0 Å². The standard InChI is InChI=1S/C15H13BrN2O3/c16-12-6-5-11(7-13(12)17)15(20)21-8-9-1-3-10(4-2-9)14(18)19/h1-7H,8,17H2,(H2,18,19). The first-order chi connectivity index (χ1) is 9.97. The average Bonchev–Trinajstić information content (AvgIpc) is 2.48. The number of anilines is 1. The van der Waals surface area contributed by atoms with Gasteiger partial charge in [-0.05, 0) is 51.8 Å². The van der Waals surface area contributed by atoms with E-state index in [0.29, 0.717) is 16.8 Å². The predicted molar refractivity (Wildman–Crippen MR) is 82.6 cm³/mol. The van der Waals surface area contributed by atoms with Crippen LogP contribution in [0.25, 0.3) is 0 Å². The monoisotopic (exact) mass is 348 g/mol. The molecule has 0 unspecified atom stereocenters. The summed E-state index contributed by atoms with van der Waals surface area (Å²) in [6.07, 6.45) is 0. The third-order valence-corrected chi connectivity index (χ3v) is 3.56. The van der Waals surface area contributed by atoms with Crippen molar-refractivity contribution in [1.82, 2.24) is 0 Å². The largest absolute Gasteiger partial charge is 0.457 e. The highest BCUT2D eigenvalue weighted by Crippen LogP contribution is 2.20. The van der Waals surface area contributed by atoms with Gasteiger partial charge in [0.25, 0.3) is 0 Å². The maximum Gasteiger partial charge on any atom is 0.338 e. The summed E-state index contributed by atoms with van der Waals surface area (Å²) in [7, 11) is 0. The molecule has 0 fully saturated rings. The molecule has 2 rings (SSSR count). The van der Waals surface area contributed by atoms with Gasteiger partial charge in [0.15, 0.2) is 0 Å². The molecule has 108 valence electrons. The van der Waals surface area contributed by atoms with Gasteiger partial charge in [-0.25, -0.2) is 4.79 Å². The molecule has 1 amide bonds. The highest BCUT2D eigenvalue weighted by Gasteiger charge is 2.09. The van der Waals surface area contributed by atoms with E-state index in [9.17, 15) is 9.59 Å². The zero-order valence-corrected chi connectivity index (χ0v) is 12.6. The van der Waals surface area contributed by atoms with Gasteiger partial charge in [0, 0.05) is 15.7 Å². The number of carbonyl (C=O) groups is 2. The van der Waals surface area contributed by atoms with E-state index < -0.39 is 11.9 Å². The number of esters is 1. The number of nitrogen functional groups attached to an aromatic ring is 1. The third-order valence-electron chi connectivity index (χ3n) is 2.84. The van der Waals surface area contributed by atoms with Crippen molar-refractivity contribution in [1.29, 1.82) is 0 Å². The fraction of sp³-hybridized carbons (Fsp3) is 0.0667. The second-order valence-electron chi connectivity index (χ2n) is 4.37. The smallest absolute Gasteiger partial charge is 0.338 e. The van der Waals surface area contributed by atoms with Crippen molar-refractivity contribution in [3.05, 3.63) is 63.6 Å². The fourth-order valence-corrected chi connectivity index (χ4v) is 1.91. The topological polar surface area (TPSA) is 95.4 Å². The summed E-state index contributed by atoms with van der Waals surface area (Å²) in [5, 5.41) is 0. The number of rotatable bonds is 4.